The van der Waals surface area contributed by atoms with Crippen LogP contribution in [-0.4, -0.2) is 11.8 Å². The molecule has 1 aromatic rings. The standard InChI is InChI=1S/C18H23NO2/c1-5-12-8-6-7-9-14(12)19-15(20)13-10-11-18(4,16(19)21)17(13,2)3/h6-9,13H,5,10-11H2,1-4H3/t13-,18+/m0/s1. The average Bonchev–Trinajstić information content (AvgIpc) is 2.64. The SMILES string of the molecule is CCc1ccccc1N1C(=O)[C@@H]2CC[C@](C)(C1=O)C2(C)C. The Morgan fingerprint density at radius 3 is 2.52 bits per heavy atom. The summed E-state index contributed by atoms with van der Waals surface area (Å²) in [5.41, 5.74) is 1.15. The first-order valence-electron chi connectivity index (χ1n) is 7.81. The van der Waals surface area contributed by atoms with Gasteiger partial charge in [0, 0.05) is 5.92 Å². The second-order valence-electron chi connectivity index (χ2n) is 7.11. The van der Waals surface area contributed by atoms with Crippen molar-refractivity contribution in [3.63, 3.8) is 0 Å². The fourth-order valence-corrected chi connectivity index (χ4v) is 4.07. The molecule has 3 rings (SSSR count). The molecule has 1 saturated carbocycles. The van der Waals surface area contributed by atoms with Crippen LogP contribution in [0.1, 0.15) is 46.1 Å². The fourth-order valence-electron chi connectivity index (χ4n) is 4.07. The summed E-state index contributed by atoms with van der Waals surface area (Å²) in [6, 6.07) is 7.76. The molecule has 3 nitrogen and oxygen atoms in total. The molecule has 1 heterocycles. The van der Waals surface area contributed by atoms with Crippen LogP contribution in [0.5, 0.6) is 0 Å². The number of carbonyl (C=O) groups is 2. The lowest BCUT2D eigenvalue weighted by atomic mass is 9.62. The number of piperidine rings is 1. The number of nitrogens with zero attached hydrogens (tertiary/aromatic N) is 1. The van der Waals surface area contributed by atoms with E-state index in [4.69, 9.17) is 0 Å². The highest BCUT2D eigenvalue weighted by molar-refractivity contribution is 6.20. The lowest BCUT2D eigenvalue weighted by molar-refractivity contribution is -0.146. The molecule has 2 aliphatic rings. The zero-order valence-corrected chi connectivity index (χ0v) is 13.3. The number of carbonyl (C=O) groups excluding carboxylic acids is 2. The normalized spacial score (nSPS) is 30.9. The van der Waals surface area contributed by atoms with Crippen LogP contribution in [0.3, 0.4) is 0 Å². The lowest BCUT2D eigenvalue weighted by Crippen LogP contribution is -2.59. The Morgan fingerprint density at radius 2 is 1.86 bits per heavy atom. The second kappa shape index (κ2) is 4.43. The first-order chi connectivity index (χ1) is 9.84. The van der Waals surface area contributed by atoms with Crippen molar-refractivity contribution in [2.24, 2.45) is 16.7 Å². The van der Waals surface area contributed by atoms with Gasteiger partial charge in [0.2, 0.25) is 11.8 Å². The number of benzene rings is 1. The molecule has 1 aliphatic carbocycles. The summed E-state index contributed by atoms with van der Waals surface area (Å²) in [6.45, 7) is 8.23. The monoisotopic (exact) mass is 285 g/mol. The summed E-state index contributed by atoms with van der Waals surface area (Å²) in [5, 5.41) is 0. The Labute approximate surface area is 126 Å². The van der Waals surface area contributed by atoms with Crippen molar-refractivity contribution in [2.75, 3.05) is 4.90 Å². The number of rotatable bonds is 2. The van der Waals surface area contributed by atoms with Crippen molar-refractivity contribution in [3.8, 4) is 0 Å². The van der Waals surface area contributed by atoms with Gasteiger partial charge in [0.25, 0.3) is 0 Å². The van der Waals surface area contributed by atoms with Crippen molar-refractivity contribution in [2.45, 2.75) is 47.0 Å². The van der Waals surface area contributed by atoms with E-state index < -0.39 is 5.41 Å². The Balaban J connectivity index is 2.14. The van der Waals surface area contributed by atoms with Crippen LogP contribution in [0.25, 0.3) is 0 Å². The van der Waals surface area contributed by atoms with Crippen LogP contribution in [0.2, 0.25) is 0 Å². The van der Waals surface area contributed by atoms with Crippen LogP contribution in [0.15, 0.2) is 24.3 Å². The summed E-state index contributed by atoms with van der Waals surface area (Å²) in [4.78, 5) is 27.5. The number of amides is 2. The number of fused-ring (bicyclic) bond motifs is 2. The van der Waals surface area contributed by atoms with E-state index in [1.165, 1.54) is 4.90 Å². The Morgan fingerprint density at radius 1 is 1.19 bits per heavy atom. The minimum atomic E-state index is -0.438. The molecule has 0 aromatic heterocycles. The summed E-state index contributed by atoms with van der Waals surface area (Å²) >= 11 is 0. The zero-order valence-electron chi connectivity index (χ0n) is 13.3. The van der Waals surface area contributed by atoms with Crippen molar-refractivity contribution in [3.05, 3.63) is 29.8 Å². The van der Waals surface area contributed by atoms with Crippen LogP contribution in [-0.2, 0) is 16.0 Å². The maximum absolute atomic E-state index is 13.1. The molecular formula is C18H23NO2. The van der Waals surface area contributed by atoms with E-state index in [1.54, 1.807) is 0 Å². The topological polar surface area (TPSA) is 37.4 Å². The number of anilines is 1. The molecule has 2 fully saturated rings. The van der Waals surface area contributed by atoms with Gasteiger partial charge in [0.15, 0.2) is 0 Å². The second-order valence-corrected chi connectivity index (χ2v) is 7.11. The summed E-state index contributed by atoms with van der Waals surface area (Å²) in [7, 11) is 0. The average molecular weight is 285 g/mol. The summed E-state index contributed by atoms with van der Waals surface area (Å²) in [5.74, 6) is -0.0851. The third kappa shape index (κ3) is 1.66. The molecule has 2 atom stereocenters. The predicted octanol–water partition coefficient (Wildman–Crippen LogP) is 3.56. The fraction of sp³-hybridized carbons (Fsp3) is 0.556. The van der Waals surface area contributed by atoms with E-state index in [0.29, 0.717) is 0 Å². The molecule has 0 N–H and O–H groups in total. The maximum Gasteiger partial charge on any atom is 0.240 e. The number of hydrogen-bond donors (Lipinski definition) is 0. The molecule has 21 heavy (non-hydrogen) atoms. The van der Waals surface area contributed by atoms with Gasteiger partial charge in [0.05, 0.1) is 11.1 Å². The highest BCUT2D eigenvalue weighted by Crippen LogP contribution is 2.60. The van der Waals surface area contributed by atoms with Crippen LogP contribution in [0.4, 0.5) is 5.69 Å². The van der Waals surface area contributed by atoms with Crippen LogP contribution in [0, 0.1) is 16.7 Å². The van der Waals surface area contributed by atoms with Gasteiger partial charge in [-0.2, -0.15) is 0 Å². The molecule has 0 radical (unpaired) electrons. The number of para-hydroxylation sites is 1. The van der Waals surface area contributed by atoms with Crippen LogP contribution >= 0.6 is 0 Å². The molecule has 3 heteroatoms. The van der Waals surface area contributed by atoms with E-state index >= 15 is 0 Å². The largest absolute Gasteiger partial charge is 0.274 e. The molecule has 1 aromatic carbocycles. The van der Waals surface area contributed by atoms with E-state index in [1.807, 2.05) is 31.2 Å². The molecule has 112 valence electrons. The van der Waals surface area contributed by atoms with Crippen molar-refractivity contribution < 1.29 is 9.59 Å². The maximum atomic E-state index is 13.1. The van der Waals surface area contributed by atoms with Gasteiger partial charge < -0.3 is 0 Å². The summed E-state index contributed by atoms with van der Waals surface area (Å²) < 4.78 is 0. The Hall–Kier alpha value is -1.64. The number of imide groups is 1. The van der Waals surface area contributed by atoms with Gasteiger partial charge in [-0.25, -0.2) is 4.90 Å². The molecule has 1 saturated heterocycles. The quantitative estimate of drug-likeness (QED) is 0.779. The molecule has 1 aliphatic heterocycles. The highest BCUT2D eigenvalue weighted by Gasteiger charge is 2.64. The molecule has 2 bridgehead atoms. The number of hydrogen-bond acceptors (Lipinski definition) is 2. The Kier molecular flexibility index (Phi) is 3.01. The smallest absolute Gasteiger partial charge is 0.240 e. The molecule has 0 unspecified atom stereocenters. The molecule has 0 spiro atoms. The van der Waals surface area contributed by atoms with E-state index in [9.17, 15) is 9.59 Å². The van der Waals surface area contributed by atoms with Gasteiger partial charge in [-0.1, -0.05) is 45.9 Å². The molecule has 2 amide bonds. The van der Waals surface area contributed by atoms with E-state index in [0.717, 1.165) is 30.5 Å². The third-order valence-electron chi connectivity index (χ3n) is 6.03. The van der Waals surface area contributed by atoms with Crippen molar-refractivity contribution >= 4 is 17.5 Å². The molecular weight excluding hydrogens is 262 g/mol. The third-order valence-corrected chi connectivity index (χ3v) is 6.03. The van der Waals surface area contributed by atoms with Crippen molar-refractivity contribution in [1.82, 2.24) is 0 Å². The van der Waals surface area contributed by atoms with Crippen molar-refractivity contribution in [1.29, 1.82) is 0 Å². The van der Waals surface area contributed by atoms with E-state index in [2.05, 4.69) is 20.8 Å². The first-order valence-corrected chi connectivity index (χ1v) is 7.81. The van der Waals surface area contributed by atoms with Gasteiger partial charge in [-0.15, -0.1) is 0 Å². The van der Waals surface area contributed by atoms with Crippen LogP contribution < -0.4 is 4.90 Å². The van der Waals surface area contributed by atoms with Gasteiger partial charge in [-0.3, -0.25) is 9.59 Å². The Bertz CT molecular complexity index is 619. The summed E-state index contributed by atoms with van der Waals surface area (Å²) in [6.07, 6.45) is 2.44. The minimum absolute atomic E-state index is 0.0131. The van der Waals surface area contributed by atoms with Gasteiger partial charge in [-0.05, 0) is 36.3 Å². The predicted molar refractivity (Wildman–Crippen MR) is 82.9 cm³/mol. The highest BCUT2D eigenvalue weighted by atomic mass is 16.2. The van der Waals surface area contributed by atoms with E-state index in [-0.39, 0.29) is 23.1 Å². The minimum Gasteiger partial charge on any atom is -0.274 e. The van der Waals surface area contributed by atoms with Gasteiger partial charge >= 0.3 is 0 Å². The first kappa shape index (κ1) is 14.3. The zero-order chi connectivity index (χ0) is 15.4. The number of aryl methyl sites for hydroxylation is 1. The lowest BCUT2D eigenvalue weighted by Gasteiger charge is -2.47. The van der Waals surface area contributed by atoms with Gasteiger partial charge in [0.1, 0.15) is 0 Å².